The van der Waals surface area contributed by atoms with E-state index in [4.69, 9.17) is 10.5 Å². The summed E-state index contributed by atoms with van der Waals surface area (Å²) in [5.74, 6) is -0.926. The average molecular weight is 278 g/mol. The third-order valence-corrected chi connectivity index (χ3v) is 2.67. The normalized spacial score (nSPS) is 10.5. The van der Waals surface area contributed by atoms with Crippen LogP contribution in [0.5, 0.6) is 0 Å². The Morgan fingerprint density at radius 2 is 2.30 bits per heavy atom. The number of anilines is 1. The summed E-state index contributed by atoms with van der Waals surface area (Å²) in [7, 11) is 0. The van der Waals surface area contributed by atoms with Crippen molar-refractivity contribution < 1.29 is 13.9 Å². The van der Waals surface area contributed by atoms with Gasteiger partial charge in [-0.1, -0.05) is 6.92 Å². The number of ether oxygens (including phenoxy) is 1. The van der Waals surface area contributed by atoms with Crippen LogP contribution in [-0.2, 0) is 17.9 Å². The third kappa shape index (κ3) is 3.11. The molecule has 0 saturated heterocycles. The van der Waals surface area contributed by atoms with Crippen molar-refractivity contribution in [2.75, 3.05) is 5.73 Å². The molecule has 0 fully saturated rings. The van der Waals surface area contributed by atoms with Crippen LogP contribution in [0.4, 0.5) is 10.1 Å². The summed E-state index contributed by atoms with van der Waals surface area (Å²) >= 11 is 0. The van der Waals surface area contributed by atoms with Crippen LogP contribution in [0, 0.1) is 5.82 Å². The summed E-state index contributed by atoms with van der Waals surface area (Å²) in [5.41, 5.74) is 5.63. The van der Waals surface area contributed by atoms with E-state index < -0.39 is 11.8 Å². The van der Waals surface area contributed by atoms with E-state index in [1.54, 1.807) is 4.68 Å². The van der Waals surface area contributed by atoms with Gasteiger partial charge in [0, 0.05) is 12.2 Å². The molecule has 0 bridgehead atoms. The molecule has 1 aromatic heterocycles. The molecule has 1 aromatic carbocycles. The number of benzene rings is 1. The molecule has 1 heterocycles. The van der Waals surface area contributed by atoms with E-state index in [1.807, 2.05) is 6.92 Å². The van der Waals surface area contributed by atoms with Gasteiger partial charge in [-0.25, -0.2) is 18.9 Å². The van der Waals surface area contributed by atoms with Gasteiger partial charge in [0.05, 0.1) is 5.56 Å². The third-order valence-electron chi connectivity index (χ3n) is 2.67. The lowest BCUT2D eigenvalue weighted by Gasteiger charge is -2.07. The van der Waals surface area contributed by atoms with Gasteiger partial charge in [-0.2, -0.15) is 5.10 Å². The minimum atomic E-state index is -0.777. The van der Waals surface area contributed by atoms with Gasteiger partial charge >= 0.3 is 5.97 Å². The second-order valence-corrected chi connectivity index (χ2v) is 4.21. The lowest BCUT2D eigenvalue weighted by molar-refractivity contribution is 0.0451. The lowest BCUT2D eigenvalue weighted by Crippen LogP contribution is -2.12. The Labute approximate surface area is 115 Å². The van der Waals surface area contributed by atoms with Gasteiger partial charge in [0.15, 0.2) is 12.4 Å². The monoisotopic (exact) mass is 278 g/mol. The number of nitrogen functional groups attached to an aromatic ring is 1. The van der Waals surface area contributed by atoms with E-state index in [9.17, 15) is 9.18 Å². The number of hydrogen-bond donors (Lipinski definition) is 1. The van der Waals surface area contributed by atoms with Crippen molar-refractivity contribution in [3.05, 3.63) is 41.7 Å². The summed E-state index contributed by atoms with van der Waals surface area (Å²) in [5, 5.41) is 4.01. The van der Waals surface area contributed by atoms with Gasteiger partial charge < -0.3 is 10.5 Å². The number of aryl methyl sites for hydroxylation is 1. The number of nitrogens with zero attached hydrogens (tertiary/aromatic N) is 3. The number of aromatic nitrogens is 3. The first-order valence-corrected chi connectivity index (χ1v) is 6.20. The summed E-state index contributed by atoms with van der Waals surface area (Å²) in [6.45, 7) is 2.62. The van der Waals surface area contributed by atoms with Crippen LogP contribution in [-0.4, -0.2) is 20.7 Å². The number of hydrogen-bond acceptors (Lipinski definition) is 5. The molecule has 0 atom stereocenters. The Bertz CT molecular complexity index is 612. The highest BCUT2D eigenvalue weighted by Crippen LogP contribution is 2.14. The number of rotatable bonds is 5. The molecule has 0 spiro atoms. The molecule has 0 saturated carbocycles. The number of halogens is 1. The first-order valence-electron chi connectivity index (χ1n) is 6.20. The van der Waals surface area contributed by atoms with Gasteiger partial charge in [0.25, 0.3) is 0 Å². The molecule has 2 rings (SSSR count). The zero-order chi connectivity index (χ0) is 14.5. The molecule has 20 heavy (non-hydrogen) atoms. The minimum Gasteiger partial charge on any atom is -0.454 e. The summed E-state index contributed by atoms with van der Waals surface area (Å²) in [4.78, 5) is 15.8. The van der Waals surface area contributed by atoms with Crippen LogP contribution in [0.1, 0.15) is 29.5 Å². The molecule has 0 radical (unpaired) electrons. The summed E-state index contributed by atoms with van der Waals surface area (Å²) < 4.78 is 20.2. The molecule has 0 aliphatic carbocycles. The Morgan fingerprint density at radius 3 is 3.05 bits per heavy atom. The van der Waals surface area contributed by atoms with Crippen LogP contribution in [0.2, 0.25) is 0 Å². The molecular formula is C13H15FN4O2. The SMILES string of the molecule is CCCn1ncnc1COC(=O)c1cc(N)ccc1F. The molecule has 2 N–H and O–H groups in total. The fourth-order valence-corrected chi connectivity index (χ4v) is 1.71. The van der Waals surface area contributed by atoms with Crippen LogP contribution in [0.15, 0.2) is 24.5 Å². The molecule has 0 amide bonds. The van der Waals surface area contributed by atoms with Gasteiger partial charge in [0.2, 0.25) is 0 Å². The van der Waals surface area contributed by atoms with Gasteiger partial charge in [-0.3, -0.25) is 0 Å². The van der Waals surface area contributed by atoms with Crippen molar-refractivity contribution in [2.45, 2.75) is 26.5 Å². The maximum absolute atomic E-state index is 13.5. The van der Waals surface area contributed by atoms with Crippen molar-refractivity contribution in [2.24, 2.45) is 0 Å². The fourth-order valence-electron chi connectivity index (χ4n) is 1.71. The van der Waals surface area contributed by atoms with Crippen LogP contribution in [0.25, 0.3) is 0 Å². The maximum Gasteiger partial charge on any atom is 0.341 e. The Morgan fingerprint density at radius 1 is 1.50 bits per heavy atom. The Hall–Kier alpha value is -2.44. The van der Waals surface area contributed by atoms with Crippen molar-refractivity contribution in [3.63, 3.8) is 0 Å². The minimum absolute atomic E-state index is 0.0624. The van der Waals surface area contributed by atoms with Gasteiger partial charge in [0.1, 0.15) is 12.1 Å². The van der Waals surface area contributed by atoms with Crippen LogP contribution in [0.3, 0.4) is 0 Å². The maximum atomic E-state index is 13.5. The predicted octanol–water partition coefficient (Wildman–Crippen LogP) is 1.77. The molecule has 7 heteroatoms. The standard InChI is InChI=1S/C13H15FN4O2/c1-2-5-18-12(16-8-17-18)7-20-13(19)10-6-9(15)3-4-11(10)14/h3-4,6,8H,2,5,7,15H2,1H3. The number of carbonyl (C=O) groups excluding carboxylic acids is 1. The lowest BCUT2D eigenvalue weighted by atomic mass is 10.2. The van der Waals surface area contributed by atoms with Crippen molar-refractivity contribution in [1.29, 1.82) is 0 Å². The molecule has 6 nitrogen and oxygen atoms in total. The quantitative estimate of drug-likeness (QED) is 0.665. The highest BCUT2D eigenvalue weighted by atomic mass is 19.1. The van der Waals surface area contributed by atoms with Gasteiger partial charge in [-0.05, 0) is 24.6 Å². The van der Waals surface area contributed by atoms with E-state index in [0.717, 1.165) is 12.5 Å². The number of esters is 1. The zero-order valence-electron chi connectivity index (χ0n) is 11.0. The Kier molecular flexibility index (Phi) is 4.29. The highest BCUT2D eigenvalue weighted by molar-refractivity contribution is 5.90. The zero-order valence-corrected chi connectivity index (χ0v) is 11.0. The van der Waals surface area contributed by atoms with Gasteiger partial charge in [-0.15, -0.1) is 0 Å². The van der Waals surface area contributed by atoms with Crippen molar-refractivity contribution in [3.8, 4) is 0 Å². The van der Waals surface area contributed by atoms with E-state index in [-0.39, 0.29) is 12.2 Å². The Balaban J connectivity index is 2.05. The molecule has 0 aliphatic heterocycles. The fraction of sp³-hybridized carbons (Fsp3) is 0.308. The van der Waals surface area contributed by atoms with Crippen molar-refractivity contribution in [1.82, 2.24) is 14.8 Å². The van der Waals surface area contributed by atoms with E-state index in [1.165, 1.54) is 18.5 Å². The first-order chi connectivity index (χ1) is 9.61. The molecular weight excluding hydrogens is 263 g/mol. The average Bonchev–Trinajstić information content (AvgIpc) is 2.87. The van der Waals surface area contributed by atoms with E-state index in [2.05, 4.69) is 10.1 Å². The number of carbonyl (C=O) groups is 1. The second kappa shape index (κ2) is 6.14. The van der Waals surface area contributed by atoms with Crippen LogP contribution < -0.4 is 5.73 Å². The molecule has 0 unspecified atom stereocenters. The van der Waals surface area contributed by atoms with Crippen molar-refractivity contribution >= 4 is 11.7 Å². The van der Waals surface area contributed by atoms with E-state index in [0.29, 0.717) is 18.1 Å². The molecule has 2 aromatic rings. The summed E-state index contributed by atoms with van der Waals surface area (Å²) in [6.07, 6.45) is 2.27. The smallest absolute Gasteiger partial charge is 0.341 e. The second-order valence-electron chi connectivity index (χ2n) is 4.21. The van der Waals surface area contributed by atoms with Crippen LogP contribution >= 0.6 is 0 Å². The largest absolute Gasteiger partial charge is 0.454 e. The summed E-state index contributed by atoms with van der Waals surface area (Å²) in [6, 6.07) is 3.75. The number of nitrogens with two attached hydrogens (primary N) is 1. The topological polar surface area (TPSA) is 83.0 Å². The molecule has 0 aliphatic rings. The predicted molar refractivity (Wildman–Crippen MR) is 70.2 cm³/mol. The van der Waals surface area contributed by atoms with E-state index >= 15 is 0 Å². The molecule has 106 valence electrons. The highest BCUT2D eigenvalue weighted by Gasteiger charge is 2.15. The first kappa shape index (κ1) is 14.0.